The number of non-ortho nitro benzene ring substituents is 1. The number of nitro groups is 1. The maximum absolute atomic E-state index is 12.5. The average Bonchev–Trinajstić information content (AvgIpc) is 2.61. The van der Waals surface area contributed by atoms with Gasteiger partial charge >= 0.3 is 6.09 Å². The highest BCUT2D eigenvalue weighted by molar-refractivity contribution is 5.90. The van der Waals surface area contributed by atoms with Gasteiger partial charge in [0.1, 0.15) is 0 Å². The third-order valence-corrected chi connectivity index (χ3v) is 4.20. The first-order chi connectivity index (χ1) is 11.6. The maximum atomic E-state index is 12.5. The van der Waals surface area contributed by atoms with Crippen LogP contribution in [0.25, 0.3) is 0 Å². The molecule has 0 saturated carbocycles. The fourth-order valence-electron chi connectivity index (χ4n) is 3.10. The number of fused-ring (bicyclic) bond motifs is 1. The smallest absolute Gasteiger partial charge is 0.414 e. The molecule has 2 aromatic carbocycles. The summed E-state index contributed by atoms with van der Waals surface area (Å²) in [5, 5.41) is 10.8. The first-order valence-electron chi connectivity index (χ1n) is 7.90. The summed E-state index contributed by atoms with van der Waals surface area (Å²) >= 11 is 0. The van der Waals surface area contributed by atoms with Gasteiger partial charge in [-0.25, -0.2) is 4.79 Å². The van der Waals surface area contributed by atoms with Gasteiger partial charge in [0, 0.05) is 12.1 Å². The molecule has 0 unspecified atom stereocenters. The number of rotatable bonds is 3. The number of carbonyl (C=O) groups excluding carboxylic acids is 1. The summed E-state index contributed by atoms with van der Waals surface area (Å²) < 4.78 is 5.23. The molecule has 1 atom stereocenters. The maximum Gasteiger partial charge on any atom is 0.414 e. The molecule has 0 bridgehead atoms. The Kier molecular flexibility index (Phi) is 4.46. The van der Waals surface area contributed by atoms with E-state index < -0.39 is 11.0 Å². The zero-order valence-electron chi connectivity index (χ0n) is 13.3. The molecule has 124 valence electrons. The molecule has 1 aliphatic heterocycles. The van der Waals surface area contributed by atoms with Crippen LogP contribution in [-0.4, -0.2) is 17.6 Å². The van der Waals surface area contributed by atoms with Crippen molar-refractivity contribution in [3.8, 4) is 0 Å². The third-order valence-electron chi connectivity index (χ3n) is 4.20. The minimum Gasteiger partial charge on any atom is -0.449 e. The van der Waals surface area contributed by atoms with E-state index in [0.29, 0.717) is 6.61 Å². The summed E-state index contributed by atoms with van der Waals surface area (Å²) in [6.07, 6.45) is 1.19. The highest BCUT2D eigenvalue weighted by atomic mass is 16.6. The number of hydrogen-bond acceptors (Lipinski definition) is 4. The van der Waals surface area contributed by atoms with E-state index in [9.17, 15) is 14.9 Å². The van der Waals surface area contributed by atoms with Gasteiger partial charge in [-0.15, -0.1) is 0 Å². The predicted molar refractivity (Wildman–Crippen MR) is 90.1 cm³/mol. The van der Waals surface area contributed by atoms with Crippen LogP contribution < -0.4 is 4.90 Å². The summed E-state index contributed by atoms with van der Waals surface area (Å²) in [5.74, 6) is 0. The number of aryl methyl sites for hydroxylation is 1. The van der Waals surface area contributed by atoms with E-state index in [-0.39, 0.29) is 11.7 Å². The zero-order valence-corrected chi connectivity index (χ0v) is 13.3. The van der Waals surface area contributed by atoms with Gasteiger partial charge in [0.2, 0.25) is 0 Å². The molecule has 6 heteroatoms. The lowest BCUT2D eigenvalue weighted by Gasteiger charge is -2.36. The normalized spacial score (nSPS) is 16.4. The second kappa shape index (κ2) is 6.70. The molecule has 0 radical (unpaired) electrons. The Morgan fingerprint density at radius 3 is 2.62 bits per heavy atom. The zero-order chi connectivity index (χ0) is 17.1. The van der Waals surface area contributed by atoms with Crippen molar-refractivity contribution < 1.29 is 14.5 Å². The second-order valence-corrected chi connectivity index (χ2v) is 5.60. The van der Waals surface area contributed by atoms with Crippen LogP contribution in [0.5, 0.6) is 0 Å². The standard InChI is InChI=1S/C18H18N2O4/c1-2-24-18(21)19-16-6-4-3-5-13(16)9-12-17(19)14-7-10-15(11-8-14)20(22)23/h3-8,10-11,17H,2,9,12H2,1H3/t17-/m1/s1. The molecule has 1 heterocycles. The van der Waals surface area contributed by atoms with E-state index in [4.69, 9.17) is 4.74 Å². The summed E-state index contributed by atoms with van der Waals surface area (Å²) in [7, 11) is 0. The van der Waals surface area contributed by atoms with Gasteiger partial charge in [0.25, 0.3) is 5.69 Å². The Labute approximate surface area is 139 Å². The first kappa shape index (κ1) is 16.0. The number of carbonyl (C=O) groups is 1. The Hall–Kier alpha value is -2.89. The van der Waals surface area contributed by atoms with Crippen LogP contribution in [0, 0.1) is 10.1 Å². The average molecular weight is 326 g/mol. The van der Waals surface area contributed by atoms with Crippen LogP contribution in [0.15, 0.2) is 48.5 Å². The van der Waals surface area contributed by atoms with Crippen LogP contribution in [0.2, 0.25) is 0 Å². The molecule has 0 N–H and O–H groups in total. The highest BCUT2D eigenvalue weighted by Crippen LogP contribution is 2.39. The van der Waals surface area contributed by atoms with E-state index >= 15 is 0 Å². The molecule has 0 aliphatic carbocycles. The van der Waals surface area contributed by atoms with E-state index in [0.717, 1.165) is 29.7 Å². The summed E-state index contributed by atoms with van der Waals surface area (Å²) in [6.45, 7) is 2.07. The molecule has 0 fully saturated rings. The molecule has 0 spiro atoms. The Morgan fingerprint density at radius 2 is 1.96 bits per heavy atom. The van der Waals surface area contributed by atoms with E-state index in [2.05, 4.69) is 0 Å². The number of anilines is 1. The molecular weight excluding hydrogens is 308 g/mol. The second-order valence-electron chi connectivity index (χ2n) is 5.60. The van der Waals surface area contributed by atoms with Crippen LogP contribution in [0.1, 0.15) is 30.5 Å². The highest BCUT2D eigenvalue weighted by Gasteiger charge is 2.33. The lowest BCUT2D eigenvalue weighted by atomic mass is 9.91. The molecule has 1 amide bonds. The van der Waals surface area contributed by atoms with Crippen molar-refractivity contribution in [1.29, 1.82) is 0 Å². The number of nitrogens with zero attached hydrogens (tertiary/aromatic N) is 2. The summed E-state index contributed by atoms with van der Waals surface area (Å²) in [6, 6.07) is 13.9. The minimum atomic E-state index is -0.428. The summed E-state index contributed by atoms with van der Waals surface area (Å²) in [4.78, 5) is 24.6. The molecule has 1 aliphatic rings. The van der Waals surface area contributed by atoms with Crippen LogP contribution in [-0.2, 0) is 11.2 Å². The van der Waals surface area contributed by atoms with Gasteiger partial charge in [0.05, 0.1) is 23.3 Å². The molecule has 24 heavy (non-hydrogen) atoms. The lowest BCUT2D eigenvalue weighted by Crippen LogP contribution is -2.38. The van der Waals surface area contributed by atoms with Gasteiger partial charge in [-0.2, -0.15) is 0 Å². The van der Waals surface area contributed by atoms with Crippen molar-refractivity contribution >= 4 is 17.5 Å². The van der Waals surface area contributed by atoms with Crippen LogP contribution >= 0.6 is 0 Å². The van der Waals surface area contributed by atoms with E-state index in [1.165, 1.54) is 12.1 Å². The van der Waals surface area contributed by atoms with Gasteiger partial charge in [-0.1, -0.05) is 30.3 Å². The molecule has 0 aromatic heterocycles. The molecule has 2 aromatic rings. The van der Waals surface area contributed by atoms with Gasteiger partial charge in [0.15, 0.2) is 0 Å². The first-order valence-corrected chi connectivity index (χ1v) is 7.90. The fourth-order valence-corrected chi connectivity index (χ4v) is 3.10. The Balaban J connectivity index is 1.99. The topological polar surface area (TPSA) is 72.7 Å². The van der Waals surface area contributed by atoms with Crippen molar-refractivity contribution in [3.05, 3.63) is 69.8 Å². The molecular formula is C18H18N2O4. The molecule has 6 nitrogen and oxygen atoms in total. The monoisotopic (exact) mass is 326 g/mol. The lowest BCUT2D eigenvalue weighted by molar-refractivity contribution is -0.384. The van der Waals surface area contributed by atoms with Crippen molar-refractivity contribution in [2.45, 2.75) is 25.8 Å². The number of amides is 1. The summed E-state index contributed by atoms with van der Waals surface area (Å²) in [5.41, 5.74) is 2.84. The van der Waals surface area contributed by atoms with Gasteiger partial charge in [-0.05, 0) is 37.0 Å². The van der Waals surface area contributed by atoms with Crippen molar-refractivity contribution in [2.75, 3.05) is 11.5 Å². The minimum absolute atomic E-state index is 0.0395. The van der Waals surface area contributed by atoms with E-state index in [1.54, 1.807) is 24.0 Å². The van der Waals surface area contributed by atoms with Crippen molar-refractivity contribution in [1.82, 2.24) is 0 Å². The SMILES string of the molecule is CCOC(=O)N1c2ccccc2CC[C@@H]1c1ccc([N+](=O)[O-])cc1. The van der Waals surface area contributed by atoms with E-state index in [1.807, 2.05) is 24.3 Å². The Bertz CT molecular complexity index is 758. The van der Waals surface area contributed by atoms with Gasteiger partial charge in [-0.3, -0.25) is 15.0 Å². The number of nitro benzene ring substituents is 1. The predicted octanol–water partition coefficient (Wildman–Crippen LogP) is 4.25. The van der Waals surface area contributed by atoms with Gasteiger partial charge < -0.3 is 4.74 Å². The fraction of sp³-hybridized carbons (Fsp3) is 0.278. The number of para-hydroxylation sites is 1. The number of benzene rings is 2. The molecule has 0 saturated heterocycles. The Morgan fingerprint density at radius 1 is 1.25 bits per heavy atom. The molecule has 3 rings (SSSR count). The van der Waals surface area contributed by atoms with Crippen LogP contribution in [0.4, 0.5) is 16.2 Å². The largest absolute Gasteiger partial charge is 0.449 e. The third kappa shape index (κ3) is 2.95. The quantitative estimate of drug-likeness (QED) is 0.624. The van der Waals surface area contributed by atoms with Crippen molar-refractivity contribution in [2.24, 2.45) is 0 Å². The van der Waals surface area contributed by atoms with Crippen molar-refractivity contribution in [3.63, 3.8) is 0 Å². The number of ether oxygens (including phenoxy) is 1. The number of hydrogen-bond donors (Lipinski definition) is 0. The van der Waals surface area contributed by atoms with Crippen LogP contribution in [0.3, 0.4) is 0 Å².